The molecule has 0 aromatic carbocycles. The minimum absolute atomic E-state index is 0. The van der Waals surface area contributed by atoms with E-state index in [-0.39, 0.29) is 24.0 Å². The number of hydrogen-bond acceptors (Lipinski definition) is 4. The van der Waals surface area contributed by atoms with Crippen molar-refractivity contribution in [3.05, 3.63) is 30.2 Å². The maximum atomic E-state index is 4.76. The Balaban J connectivity index is 0.00000256. The predicted molar refractivity (Wildman–Crippen MR) is 132 cm³/mol. The molecule has 0 spiro atoms. The first-order chi connectivity index (χ1) is 14.3. The summed E-state index contributed by atoms with van der Waals surface area (Å²) in [6, 6.07) is 6.55. The monoisotopic (exact) mass is 525 g/mol. The maximum Gasteiger partial charge on any atom is 0.191 e. The molecule has 2 aromatic rings. The largest absolute Gasteiger partial charge is 0.357 e. The number of halogens is 1. The molecule has 8 heteroatoms. The van der Waals surface area contributed by atoms with Crippen molar-refractivity contribution in [2.24, 2.45) is 10.9 Å². The molecular weight excluding hydrogens is 489 g/mol. The van der Waals surface area contributed by atoms with E-state index in [1.54, 1.807) is 0 Å². The van der Waals surface area contributed by atoms with Crippen LogP contribution in [0.25, 0.3) is 5.65 Å². The maximum absolute atomic E-state index is 4.76. The van der Waals surface area contributed by atoms with E-state index in [1.165, 1.54) is 58.0 Å². The Bertz CT molecular complexity index is 800. The van der Waals surface area contributed by atoms with Crippen LogP contribution < -0.4 is 10.6 Å². The third-order valence-electron chi connectivity index (χ3n) is 6.33. The second kappa shape index (κ2) is 11.8. The van der Waals surface area contributed by atoms with Crippen molar-refractivity contribution in [3.8, 4) is 0 Å². The fourth-order valence-corrected chi connectivity index (χ4v) is 4.77. The van der Waals surface area contributed by atoms with Gasteiger partial charge in [-0.2, -0.15) is 0 Å². The molecule has 1 saturated heterocycles. The van der Waals surface area contributed by atoms with E-state index >= 15 is 0 Å². The van der Waals surface area contributed by atoms with Gasteiger partial charge in [-0.15, -0.1) is 34.2 Å². The molecule has 1 aliphatic heterocycles. The summed E-state index contributed by atoms with van der Waals surface area (Å²) in [5.74, 6) is 2.63. The number of nitrogens with one attached hydrogen (secondary N) is 2. The van der Waals surface area contributed by atoms with E-state index < -0.39 is 0 Å². The fraction of sp³-hybridized carbons (Fsp3) is 0.682. The van der Waals surface area contributed by atoms with E-state index in [9.17, 15) is 0 Å². The summed E-state index contributed by atoms with van der Waals surface area (Å²) in [6.45, 7) is 6.96. The SMILES string of the molecule is CCNC(=NCc1nnc2ccccn12)NCC1CCCN1CC1CCCCC1.I. The van der Waals surface area contributed by atoms with Crippen LogP contribution in [0.3, 0.4) is 0 Å². The van der Waals surface area contributed by atoms with Gasteiger partial charge in [-0.25, -0.2) is 4.99 Å². The van der Waals surface area contributed by atoms with Crippen LogP contribution in [0.4, 0.5) is 0 Å². The smallest absolute Gasteiger partial charge is 0.191 e. The van der Waals surface area contributed by atoms with Gasteiger partial charge < -0.3 is 10.6 Å². The van der Waals surface area contributed by atoms with Gasteiger partial charge in [-0.05, 0) is 57.2 Å². The quantitative estimate of drug-likeness (QED) is 0.329. The van der Waals surface area contributed by atoms with E-state index in [4.69, 9.17) is 4.99 Å². The molecule has 2 fully saturated rings. The van der Waals surface area contributed by atoms with E-state index in [2.05, 4.69) is 32.7 Å². The predicted octanol–water partition coefficient (Wildman–Crippen LogP) is 3.45. The molecule has 4 rings (SSSR count). The molecule has 2 aliphatic rings. The molecule has 1 unspecified atom stereocenters. The zero-order valence-corrected chi connectivity index (χ0v) is 20.4. The van der Waals surface area contributed by atoms with Gasteiger partial charge >= 0.3 is 0 Å². The van der Waals surface area contributed by atoms with Gasteiger partial charge in [0.1, 0.15) is 6.54 Å². The van der Waals surface area contributed by atoms with Gasteiger partial charge in [0.15, 0.2) is 17.4 Å². The minimum atomic E-state index is 0. The first-order valence-corrected chi connectivity index (χ1v) is 11.4. The Morgan fingerprint density at radius 2 is 1.97 bits per heavy atom. The van der Waals surface area contributed by atoms with Crippen molar-refractivity contribution >= 4 is 35.6 Å². The lowest BCUT2D eigenvalue weighted by molar-refractivity contribution is 0.188. The standard InChI is InChI=1S/C22H35N7.HI/c1-2-23-22(25-16-21-27-26-20-12-6-7-14-29(20)21)24-15-19-11-8-13-28(19)17-18-9-4-3-5-10-18;/h6-7,12,14,18-19H,2-5,8-11,13,15-17H2,1H3,(H2,23,24,25);1H. The average Bonchev–Trinajstić information content (AvgIpc) is 3.37. The highest BCUT2D eigenvalue weighted by Gasteiger charge is 2.27. The molecule has 30 heavy (non-hydrogen) atoms. The van der Waals surface area contributed by atoms with Gasteiger partial charge in [0, 0.05) is 31.9 Å². The summed E-state index contributed by atoms with van der Waals surface area (Å²) in [5.41, 5.74) is 0.861. The molecule has 0 radical (unpaired) electrons. The highest BCUT2D eigenvalue weighted by Crippen LogP contribution is 2.27. The van der Waals surface area contributed by atoms with Gasteiger partial charge in [-0.3, -0.25) is 9.30 Å². The van der Waals surface area contributed by atoms with Crippen molar-refractivity contribution in [2.75, 3.05) is 26.2 Å². The van der Waals surface area contributed by atoms with E-state index in [1.807, 2.05) is 28.8 Å². The van der Waals surface area contributed by atoms with Crippen molar-refractivity contribution < 1.29 is 0 Å². The number of fused-ring (bicyclic) bond motifs is 1. The Kier molecular flexibility index (Phi) is 9.17. The molecule has 0 amide bonds. The molecule has 7 nitrogen and oxygen atoms in total. The summed E-state index contributed by atoms with van der Waals surface area (Å²) in [4.78, 5) is 7.48. The van der Waals surface area contributed by atoms with Crippen molar-refractivity contribution in [3.63, 3.8) is 0 Å². The number of rotatable bonds is 7. The molecular formula is C22H36IN7. The Hall–Kier alpha value is -1.42. The van der Waals surface area contributed by atoms with Crippen molar-refractivity contribution in [2.45, 2.75) is 64.5 Å². The molecule has 1 atom stereocenters. The number of aliphatic imine (C=N–C) groups is 1. The highest BCUT2D eigenvalue weighted by molar-refractivity contribution is 14.0. The third kappa shape index (κ3) is 6.06. The molecule has 2 N–H and O–H groups in total. The normalized spacial score (nSPS) is 21.0. The molecule has 166 valence electrons. The van der Waals surface area contributed by atoms with E-state index in [0.29, 0.717) is 12.6 Å². The number of nitrogens with zero attached hydrogens (tertiary/aromatic N) is 5. The van der Waals surface area contributed by atoms with Crippen LogP contribution >= 0.6 is 24.0 Å². The number of guanidine groups is 1. The summed E-state index contributed by atoms with van der Waals surface area (Å²) < 4.78 is 2.00. The molecule has 3 heterocycles. The first kappa shape index (κ1) is 23.2. The lowest BCUT2D eigenvalue weighted by atomic mass is 9.89. The van der Waals surface area contributed by atoms with Gasteiger partial charge in [0.25, 0.3) is 0 Å². The van der Waals surface area contributed by atoms with Crippen LogP contribution in [0.15, 0.2) is 29.4 Å². The van der Waals surface area contributed by atoms with Crippen LogP contribution in [0.2, 0.25) is 0 Å². The Morgan fingerprint density at radius 1 is 1.10 bits per heavy atom. The molecule has 2 aromatic heterocycles. The number of aromatic nitrogens is 3. The van der Waals surface area contributed by atoms with Gasteiger partial charge in [0.2, 0.25) is 0 Å². The summed E-state index contributed by atoms with van der Waals surface area (Å²) in [6.07, 6.45) is 11.7. The lowest BCUT2D eigenvalue weighted by Gasteiger charge is -2.31. The summed E-state index contributed by atoms with van der Waals surface area (Å²) in [7, 11) is 0. The number of hydrogen-bond donors (Lipinski definition) is 2. The van der Waals surface area contributed by atoms with Crippen LogP contribution in [-0.2, 0) is 6.54 Å². The molecule has 1 aliphatic carbocycles. The van der Waals surface area contributed by atoms with E-state index in [0.717, 1.165) is 36.4 Å². The van der Waals surface area contributed by atoms with Crippen LogP contribution in [0.1, 0.15) is 57.7 Å². The number of likely N-dealkylation sites (tertiary alicyclic amines) is 1. The topological polar surface area (TPSA) is 69.8 Å². The van der Waals surface area contributed by atoms with Crippen LogP contribution in [0, 0.1) is 5.92 Å². The molecule has 0 bridgehead atoms. The average molecular weight is 525 g/mol. The Morgan fingerprint density at radius 3 is 2.80 bits per heavy atom. The van der Waals surface area contributed by atoms with Crippen molar-refractivity contribution in [1.29, 1.82) is 0 Å². The first-order valence-electron chi connectivity index (χ1n) is 11.4. The second-order valence-electron chi connectivity index (χ2n) is 8.42. The zero-order chi connectivity index (χ0) is 19.9. The van der Waals surface area contributed by atoms with Crippen molar-refractivity contribution in [1.82, 2.24) is 30.1 Å². The zero-order valence-electron chi connectivity index (χ0n) is 18.1. The Labute approximate surface area is 197 Å². The number of pyridine rings is 1. The molecule has 1 saturated carbocycles. The second-order valence-corrected chi connectivity index (χ2v) is 8.42. The summed E-state index contributed by atoms with van der Waals surface area (Å²) >= 11 is 0. The highest BCUT2D eigenvalue weighted by atomic mass is 127. The van der Waals surface area contributed by atoms with Gasteiger partial charge in [-0.1, -0.05) is 25.3 Å². The van der Waals surface area contributed by atoms with Crippen LogP contribution in [0.5, 0.6) is 0 Å². The van der Waals surface area contributed by atoms with Crippen LogP contribution in [-0.4, -0.2) is 57.7 Å². The third-order valence-corrected chi connectivity index (χ3v) is 6.33. The summed E-state index contributed by atoms with van der Waals surface area (Å²) in [5, 5.41) is 15.5. The van der Waals surface area contributed by atoms with Gasteiger partial charge in [0.05, 0.1) is 0 Å². The minimum Gasteiger partial charge on any atom is -0.357 e. The lowest BCUT2D eigenvalue weighted by Crippen LogP contribution is -2.46. The fourth-order valence-electron chi connectivity index (χ4n) is 4.77.